The van der Waals surface area contributed by atoms with Gasteiger partial charge in [0.05, 0.1) is 0 Å². The molecule has 1 aliphatic heterocycles. The lowest BCUT2D eigenvalue weighted by atomic mass is 10.0. The molecule has 0 spiro atoms. The number of nitrogens with two attached hydrogens (primary N) is 1. The van der Waals surface area contributed by atoms with Crippen molar-refractivity contribution in [3.05, 3.63) is 27.6 Å². The molecule has 3 rings (SSSR count). The zero-order valence-corrected chi connectivity index (χ0v) is 11.2. The molecule has 17 heavy (non-hydrogen) atoms. The van der Waals surface area contributed by atoms with Crippen LogP contribution in [0.5, 0.6) is 0 Å². The number of thiophene rings is 1. The van der Waals surface area contributed by atoms with Crippen LogP contribution >= 0.6 is 22.9 Å². The summed E-state index contributed by atoms with van der Waals surface area (Å²) >= 11 is 3.14. The Kier molecular flexibility index (Phi) is 2.85. The van der Waals surface area contributed by atoms with E-state index in [1.165, 1.54) is 22.0 Å². The second-order valence-electron chi connectivity index (χ2n) is 4.28. The lowest BCUT2D eigenvalue weighted by molar-refractivity contribution is 0.189. The maximum Gasteiger partial charge on any atom is 0.132 e. The summed E-state index contributed by atoms with van der Waals surface area (Å²) in [5.74, 6) is 0. The molecule has 2 aromatic rings. The SMILES string of the molecule is CC1c2ccsc2CCN1Cc1nnsc1N. The summed E-state index contributed by atoms with van der Waals surface area (Å²) in [5, 5.41) is 7.02. The van der Waals surface area contributed by atoms with Gasteiger partial charge in [0.1, 0.15) is 10.7 Å². The third-order valence-electron chi connectivity index (χ3n) is 3.34. The molecule has 0 saturated heterocycles. The van der Waals surface area contributed by atoms with Gasteiger partial charge in [-0.05, 0) is 30.4 Å². The summed E-state index contributed by atoms with van der Waals surface area (Å²) in [4.78, 5) is 3.94. The van der Waals surface area contributed by atoms with Crippen molar-refractivity contribution in [2.24, 2.45) is 0 Å². The van der Waals surface area contributed by atoms with Crippen molar-refractivity contribution >= 4 is 27.9 Å². The maximum atomic E-state index is 5.85. The number of anilines is 1. The molecule has 90 valence electrons. The molecule has 2 N–H and O–H groups in total. The number of nitrogen functional groups attached to an aromatic ring is 1. The molecule has 1 atom stereocenters. The predicted octanol–water partition coefficient (Wildman–Crippen LogP) is 2.30. The van der Waals surface area contributed by atoms with E-state index in [1.54, 1.807) is 0 Å². The summed E-state index contributed by atoms with van der Waals surface area (Å²) in [5.41, 5.74) is 8.22. The van der Waals surface area contributed by atoms with E-state index >= 15 is 0 Å². The summed E-state index contributed by atoms with van der Waals surface area (Å²) in [6.45, 7) is 4.13. The molecular weight excluding hydrogens is 252 g/mol. The van der Waals surface area contributed by atoms with Crippen molar-refractivity contribution in [3.8, 4) is 0 Å². The normalized spacial score (nSPS) is 20.4. The van der Waals surface area contributed by atoms with Crippen LogP contribution in [-0.2, 0) is 13.0 Å². The van der Waals surface area contributed by atoms with E-state index in [9.17, 15) is 0 Å². The molecule has 1 unspecified atom stereocenters. The molecule has 0 aromatic carbocycles. The van der Waals surface area contributed by atoms with Gasteiger partial charge in [0.25, 0.3) is 0 Å². The molecule has 0 radical (unpaired) electrons. The quantitative estimate of drug-likeness (QED) is 0.906. The number of hydrogen-bond acceptors (Lipinski definition) is 6. The highest BCUT2D eigenvalue weighted by molar-refractivity contribution is 7.10. The summed E-state index contributed by atoms with van der Waals surface area (Å²) in [6.07, 6.45) is 1.13. The second-order valence-corrected chi connectivity index (χ2v) is 6.07. The van der Waals surface area contributed by atoms with Crippen LogP contribution in [-0.4, -0.2) is 21.0 Å². The van der Waals surface area contributed by atoms with Crippen molar-refractivity contribution in [1.82, 2.24) is 14.5 Å². The maximum absolute atomic E-state index is 5.85. The molecule has 0 aliphatic carbocycles. The van der Waals surface area contributed by atoms with Gasteiger partial charge in [-0.3, -0.25) is 4.90 Å². The van der Waals surface area contributed by atoms with Crippen LogP contribution in [0.4, 0.5) is 5.00 Å². The monoisotopic (exact) mass is 266 g/mol. The molecule has 1 aliphatic rings. The molecule has 3 heterocycles. The van der Waals surface area contributed by atoms with Crippen molar-refractivity contribution in [2.45, 2.75) is 25.9 Å². The third-order valence-corrected chi connectivity index (χ3v) is 4.93. The van der Waals surface area contributed by atoms with E-state index in [2.05, 4.69) is 32.9 Å². The number of rotatable bonds is 2. The van der Waals surface area contributed by atoms with Gasteiger partial charge >= 0.3 is 0 Å². The fourth-order valence-electron chi connectivity index (χ4n) is 2.29. The van der Waals surface area contributed by atoms with E-state index in [1.807, 2.05) is 11.3 Å². The minimum Gasteiger partial charge on any atom is -0.388 e. The molecule has 2 aromatic heterocycles. The first-order valence-electron chi connectivity index (χ1n) is 5.62. The van der Waals surface area contributed by atoms with Crippen LogP contribution in [0, 0.1) is 0 Å². The van der Waals surface area contributed by atoms with E-state index < -0.39 is 0 Å². The van der Waals surface area contributed by atoms with Crippen LogP contribution < -0.4 is 5.73 Å². The molecule has 0 amide bonds. The molecular formula is C11H14N4S2. The van der Waals surface area contributed by atoms with E-state index in [0.29, 0.717) is 6.04 Å². The van der Waals surface area contributed by atoms with Crippen LogP contribution in [0.2, 0.25) is 0 Å². The molecule has 6 heteroatoms. The zero-order valence-electron chi connectivity index (χ0n) is 9.59. The highest BCUT2D eigenvalue weighted by Crippen LogP contribution is 2.34. The topological polar surface area (TPSA) is 55.0 Å². The number of hydrogen-bond donors (Lipinski definition) is 1. The van der Waals surface area contributed by atoms with E-state index in [4.69, 9.17) is 5.73 Å². The Morgan fingerprint density at radius 3 is 3.24 bits per heavy atom. The van der Waals surface area contributed by atoms with Crippen LogP contribution in [0.3, 0.4) is 0 Å². The van der Waals surface area contributed by atoms with Crippen molar-refractivity contribution in [2.75, 3.05) is 12.3 Å². The Morgan fingerprint density at radius 1 is 1.59 bits per heavy atom. The fourth-order valence-corrected chi connectivity index (χ4v) is 3.70. The summed E-state index contributed by atoms with van der Waals surface area (Å²) in [7, 11) is 0. The van der Waals surface area contributed by atoms with Crippen molar-refractivity contribution < 1.29 is 0 Å². The number of fused-ring (bicyclic) bond motifs is 1. The largest absolute Gasteiger partial charge is 0.388 e. The Bertz CT molecular complexity index is 519. The molecule has 0 fully saturated rings. The highest BCUT2D eigenvalue weighted by atomic mass is 32.1. The number of aromatic nitrogens is 2. The standard InChI is InChI=1S/C11H14N4S2/c1-7-8-3-5-16-10(8)2-4-15(7)6-9-11(12)17-14-13-9/h3,5,7H,2,4,6,12H2,1H3. The first-order chi connectivity index (χ1) is 8.25. The van der Waals surface area contributed by atoms with Gasteiger partial charge in [-0.1, -0.05) is 4.49 Å². The lowest BCUT2D eigenvalue weighted by Crippen LogP contribution is -2.32. The van der Waals surface area contributed by atoms with Crippen molar-refractivity contribution in [3.63, 3.8) is 0 Å². The average Bonchev–Trinajstić information content (AvgIpc) is 2.92. The Labute approximate surface area is 108 Å². The Hall–Kier alpha value is -0.980. The fraction of sp³-hybridized carbons (Fsp3) is 0.455. The summed E-state index contributed by atoms with van der Waals surface area (Å²) in [6, 6.07) is 2.69. The van der Waals surface area contributed by atoms with Gasteiger partial charge in [-0.2, -0.15) is 0 Å². The van der Waals surface area contributed by atoms with Crippen molar-refractivity contribution in [1.29, 1.82) is 0 Å². The average molecular weight is 266 g/mol. The Balaban J connectivity index is 1.81. The second kappa shape index (κ2) is 4.36. The van der Waals surface area contributed by atoms with E-state index in [-0.39, 0.29) is 0 Å². The molecule has 0 saturated carbocycles. The van der Waals surface area contributed by atoms with Gasteiger partial charge in [0.2, 0.25) is 0 Å². The molecule has 4 nitrogen and oxygen atoms in total. The predicted molar refractivity (Wildman–Crippen MR) is 71.2 cm³/mol. The third kappa shape index (κ3) is 1.96. The van der Waals surface area contributed by atoms with Gasteiger partial charge < -0.3 is 5.73 Å². The van der Waals surface area contributed by atoms with Gasteiger partial charge in [-0.15, -0.1) is 16.4 Å². The minimum atomic E-state index is 0.450. The molecule has 0 bridgehead atoms. The first-order valence-corrected chi connectivity index (χ1v) is 7.28. The minimum absolute atomic E-state index is 0.450. The smallest absolute Gasteiger partial charge is 0.132 e. The van der Waals surface area contributed by atoms with Gasteiger partial charge in [0, 0.05) is 35.5 Å². The van der Waals surface area contributed by atoms with Gasteiger partial charge in [-0.25, -0.2) is 0 Å². The van der Waals surface area contributed by atoms with Gasteiger partial charge in [0.15, 0.2) is 0 Å². The van der Waals surface area contributed by atoms with Crippen LogP contribution in [0.1, 0.15) is 29.1 Å². The Morgan fingerprint density at radius 2 is 2.47 bits per heavy atom. The zero-order chi connectivity index (χ0) is 11.8. The number of nitrogens with zero attached hydrogens (tertiary/aromatic N) is 3. The summed E-state index contributed by atoms with van der Waals surface area (Å²) < 4.78 is 3.89. The lowest BCUT2D eigenvalue weighted by Gasteiger charge is -2.32. The highest BCUT2D eigenvalue weighted by Gasteiger charge is 2.25. The van der Waals surface area contributed by atoms with Crippen LogP contribution in [0.15, 0.2) is 11.4 Å². The van der Waals surface area contributed by atoms with E-state index in [0.717, 1.165) is 30.2 Å². The van der Waals surface area contributed by atoms with Crippen LogP contribution in [0.25, 0.3) is 0 Å². The first kappa shape index (κ1) is 11.1.